The van der Waals surface area contributed by atoms with Gasteiger partial charge in [0.15, 0.2) is 0 Å². The molecule has 3 aliphatic rings. The highest BCUT2D eigenvalue weighted by Gasteiger charge is 2.35. The van der Waals surface area contributed by atoms with Crippen molar-refractivity contribution in [2.45, 2.75) is 18.9 Å². The van der Waals surface area contributed by atoms with Crippen molar-refractivity contribution < 1.29 is 19.5 Å². The number of hydrogen-bond donors (Lipinski definition) is 3. The highest BCUT2D eigenvalue weighted by Crippen LogP contribution is 2.25. The molecule has 0 aliphatic carbocycles. The lowest BCUT2D eigenvalue weighted by atomic mass is 9.96. The minimum atomic E-state index is -1.89. The van der Waals surface area contributed by atoms with Gasteiger partial charge in [0.25, 0.3) is 0 Å². The van der Waals surface area contributed by atoms with Gasteiger partial charge in [0.05, 0.1) is 18.3 Å². The Labute approximate surface area is 116 Å². The van der Waals surface area contributed by atoms with Gasteiger partial charge in [-0.3, -0.25) is 4.79 Å². The number of rotatable bonds is 3. The average molecular weight is 278 g/mol. The van der Waals surface area contributed by atoms with Crippen LogP contribution < -0.4 is 14.9 Å². The third-order valence-corrected chi connectivity index (χ3v) is 3.60. The zero-order chi connectivity index (χ0) is 14.1. The number of aromatic nitrogens is 2. The van der Waals surface area contributed by atoms with Crippen molar-refractivity contribution in [3.05, 3.63) is 12.4 Å². The number of fused-ring (bicyclic) bond motifs is 4. The molecule has 2 bridgehead atoms. The highest BCUT2D eigenvalue weighted by molar-refractivity contribution is 6.33. The SMILES string of the molecule is O=C1NC2CCC1CN(c1ncc(OB(O)O)cn1)C2. The molecule has 3 fully saturated rings. The summed E-state index contributed by atoms with van der Waals surface area (Å²) < 4.78 is 4.65. The van der Waals surface area contributed by atoms with Crippen LogP contribution in [-0.4, -0.2) is 52.4 Å². The largest absolute Gasteiger partial charge is 0.707 e. The molecule has 2 unspecified atom stereocenters. The second-order valence-corrected chi connectivity index (χ2v) is 5.05. The third-order valence-electron chi connectivity index (χ3n) is 3.60. The molecule has 9 heteroatoms. The molecule has 0 spiro atoms. The highest BCUT2D eigenvalue weighted by atomic mass is 16.6. The average Bonchev–Trinajstić information content (AvgIpc) is 2.70. The number of carbonyl (C=O) groups excluding carboxylic acids is 1. The van der Waals surface area contributed by atoms with Gasteiger partial charge >= 0.3 is 7.32 Å². The molecule has 1 aromatic heterocycles. The molecule has 1 aromatic rings. The van der Waals surface area contributed by atoms with Gasteiger partial charge in [-0.1, -0.05) is 0 Å². The van der Waals surface area contributed by atoms with Crippen LogP contribution in [0.15, 0.2) is 12.4 Å². The van der Waals surface area contributed by atoms with E-state index in [0.717, 1.165) is 12.8 Å². The maximum Gasteiger partial charge on any atom is 0.707 e. The van der Waals surface area contributed by atoms with Crippen LogP contribution in [0.25, 0.3) is 0 Å². The maximum absolute atomic E-state index is 11.8. The van der Waals surface area contributed by atoms with Crippen LogP contribution in [0.5, 0.6) is 5.75 Å². The van der Waals surface area contributed by atoms with E-state index in [1.54, 1.807) is 0 Å². The molecule has 20 heavy (non-hydrogen) atoms. The maximum atomic E-state index is 11.8. The Bertz CT molecular complexity index is 498. The Hall–Kier alpha value is -1.87. The first-order valence-corrected chi connectivity index (χ1v) is 6.52. The number of nitrogens with zero attached hydrogens (tertiary/aromatic N) is 3. The third kappa shape index (κ3) is 2.68. The number of hydrogen-bond acceptors (Lipinski definition) is 7. The Morgan fingerprint density at radius 3 is 2.70 bits per heavy atom. The molecule has 0 aromatic carbocycles. The van der Waals surface area contributed by atoms with Crippen molar-refractivity contribution in [1.29, 1.82) is 0 Å². The van der Waals surface area contributed by atoms with Crippen molar-refractivity contribution in [3.63, 3.8) is 0 Å². The van der Waals surface area contributed by atoms with Crippen LogP contribution in [0.1, 0.15) is 12.8 Å². The summed E-state index contributed by atoms with van der Waals surface area (Å²) in [6.45, 7) is 1.29. The standard InChI is InChI=1S/C11H15BN4O4/c17-10-7-1-2-8(15-10)6-16(5-7)11-13-3-9(4-14-11)20-12(18)19/h3-4,7-8,18-19H,1-2,5-6H2,(H,15,17). The minimum Gasteiger partial charge on any atom is -0.509 e. The fourth-order valence-electron chi connectivity index (χ4n) is 2.66. The lowest BCUT2D eigenvalue weighted by molar-refractivity contribution is -0.126. The Morgan fingerprint density at radius 2 is 2.05 bits per heavy atom. The van der Waals surface area contributed by atoms with Crippen LogP contribution >= 0.6 is 0 Å². The van der Waals surface area contributed by atoms with Crippen molar-refractivity contribution in [2.24, 2.45) is 5.92 Å². The zero-order valence-electron chi connectivity index (χ0n) is 10.8. The lowest BCUT2D eigenvalue weighted by Gasteiger charge is -2.22. The fraction of sp³-hybridized carbons (Fsp3) is 0.545. The summed E-state index contributed by atoms with van der Waals surface area (Å²) in [4.78, 5) is 22.0. The fourth-order valence-corrected chi connectivity index (χ4v) is 2.66. The van der Waals surface area contributed by atoms with E-state index < -0.39 is 7.32 Å². The van der Waals surface area contributed by atoms with Crippen LogP contribution in [0.4, 0.5) is 5.95 Å². The Morgan fingerprint density at radius 1 is 1.30 bits per heavy atom. The van der Waals surface area contributed by atoms with Crippen LogP contribution in [0.2, 0.25) is 0 Å². The molecule has 0 saturated carbocycles. The number of anilines is 1. The molecule has 0 radical (unpaired) electrons. The number of nitrogens with one attached hydrogen (secondary N) is 1. The molecule has 3 N–H and O–H groups in total. The van der Waals surface area contributed by atoms with Crippen LogP contribution in [0.3, 0.4) is 0 Å². The summed E-state index contributed by atoms with van der Waals surface area (Å²) in [5.41, 5.74) is 0. The van der Waals surface area contributed by atoms with E-state index >= 15 is 0 Å². The van der Waals surface area contributed by atoms with Gasteiger partial charge in [0, 0.05) is 19.1 Å². The topological polar surface area (TPSA) is 108 Å². The zero-order valence-corrected chi connectivity index (χ0v) is 10.8. The predicted octanol–water partition coefficient (Wildman–Crippen LogP) is -1.46. The van der Waals surface area contributed by atoms with Crippen LogP contribution in [0, 0.1) is 5.92 Å². The molecule has 8 nitrogen and oxygen atoms in total. The van der Waals surface area contributed by atoms with Crippen LogP contribution in [-0.2, 0) is 4.79 Å². The van der Waals surface area contributed by atoms with Gasteiger partial charge in [-0.15, -0.1) is 0 Å². The van der Waals surface area contributed by atoms with Gasteiger partial charge in [-0.25, -0.2) is 9.97 Å². The summed E-state index contributed by atoms with van der Waals surface area (Å²) >= 11 is 0. The van der Waals surface area contributed by atoms with E-state index in [2.05, 4.69) is 19.9 Å². The van der Waals surface area contributed by atoms with E-state index in [9.17, 15) is 4.79 Å². The van der Waals surface area contributed by atoms with E-state index in [-0.39, 0.29) is 23.6 Å². The molecular weight excluding hydrogens is 263 g/mol. The summed E-state index contributed by atoms with van der Waals surface area (Å²) in [5, 5.41) is 20.4. The van der Waals surface area contributed by atoms with E-state index in [1.807, 2.05) is 4.90 Å². The Balaban J connectivity index is 1.74. The smallest absolute Gasteiger partial charge is 0.509 e. The molecule has 3 saturated heterocycles. The van der Waals surface area contributed by atoms with Gasteiger partial charge < -0.3 is 24.9 Å². The van der Waals surface area contributed by atoms with Crippen molar-refractivity contribution in [1.82, 2.24) is 15.3 Å². The van der Waals surface area contributed by atoms with E-state index in [0.29, 0.717) is 19.0 Å². The minimum absolute atomic E-state index is 0.0208. The summed E-state index contributed by atoms with van der Waals surface area (Å²) in [7, 11) is -1.89. The lowest BCUT2D eigenvalue weighted by Crippen LogP contribution is -2.43. The van der Waals surface area contributed by atoms with Gasteiger partial charge in [0.1, 0.15) is 5.75 Å². The predicted molar refractivity (Wildman–Crippen MR) is 69.7 cm³/mol. The van der Waals surface area contributed by atoms with Crippen molar-refractivity contribution >= 4 is 19.2 Å². The normalized spacial score (nSPS) is 25.1. The quantitative estimate of drug-likeness (QED) is 0.580. The number of amides is 1. The van der Waals surface area contributed by atoms with Gasteiger partial charge in [0.2, 0.25) is 11.9 Å². The molecule has 2 atom stereocenters. The second kappa shape index (κ2) is 5.26. The first-order chi connectivity index (χ1) is 9.61. The van der Waals surface area contributed by atoms with Gasteiger partial charge in [-0.2, -0.15) is 0 Å². The van der Waals surface area contributed by atoms with Crippen molar-refractivity contribution in [2.75, 3.05) is 18.0 Å². The first-order valence-electron chi connectivity index (χ1n) is 6.52. The number of piperidine rings is 1. The number of carbonyl (C=O) groups is 1. The summed E-state index contributed by atoms with van der Waals surface area (Å²) in [6, 6.07) is 0.139. The summed E-state index contributed by atoms with van der Waals surface area (Å²) in [6.07, 6.45) is 4.63. The molecule has 3 aliphatic heterocycles. The molecule has 1 amide bonds. The van der Waals surface area contributed by atoms with Gasteiger partial charge in [-0.05, 0) is 12.8 Å². The second-order valence-electron chi connectivity index (χ2n) is 5.05. The Kier molecular flexibility index (Phi) is 3.45. The molecule has 106 valence electrons. The molecule has 4 heterocycles. The van der Waals surface area contributed by atoms with E-state index in [1.165, 1.54) is 12.4 Å². The molecule has 4 rings (SSSR count). The van der Waals surface area contributed by atoms with Crippen molar-refractivity contribution in [3.8, 4) is 5.75 Å². The molecular formula is C11H15BN4O4. The monoisotopic (exact) mass is 278 g/mol. The summed E-state index contributed by atoms with van der Waals surface area (Å²) in [5.74, 6) is 0.772. The van der Waals surface area contributed by atoms with E-state index in [4.69, 9.17) is 10.0 Å². The first kappa shape index (κ1) is 13.1.